The Morgan fingerprint density at radius 2 is 2.29 bits per heavy atom. The normalized spacial score (nSPS) is 15.1. The molecule has 14 heavy (non-hydrogen) atoms. The maximum Gasteiger partial charge on any atom is 0.274 e. The summed E-state index contributed by atoms with van der Waals surface area (Å²) in [5.74, 6) is -1.12. The first-order valence-electron chi connectivity index (χ1n) is 4.23. The van der Waals surface area contributed by atoms with Crippen LogP contribution < -0.4 is 11.1 Å². The molecule has 0 aliphatic heterocycles. The van der Waals surface area contributed by atoms with Crippen molar-refractivity contribution >= 4 is 11.8 Å². The van der Waals surface area contributed by atoms with Crippen LogP contribution in [0, 0.1) is 0 Å². The molecule has 1 aliphatic carbocycles. The quantitative estimate of drug-likeness (QED) is 0.689. The zero-order valence-corrected chi connectivity index (χ0v) is 7.32. The number of nitrogens with two attached hydrogens (primary N) is 1. The van der Waals surface area contributed by atoms with E-state index in [0.29, 0.717) is 0 Å². The molecule has 1 aliphatic rings. The standard InChI is InChI=1S/C8H9N3O3/c9-7(12)5-3-14-11-6(5)8(13)10-4-1-2-4/h3-4H,1-2H2,(H2,9,12)(H,10,13). The minimum absolute atomic E-state index is 0.0168. The second-order valence-corrected chi connectivity index (χ2v) is 3.19. The topological polar surface area (TPSA) is 98.2 Å². The summed E-state index contributed by atoms with van der Waals surface area (Å²) in [5, 5.41) is 6.11. The van der Waals surface area contributed by atoms with Crippen LogP contribution in [-0.4, -0.2) is 23.0 Å². The van der Waals surface area contributed by atoms with Gasteiger partial charge in [0.1, 0.15) is 11.8 Å². The molecule has 0 unspecified atom stereocenters. The van der Waals surface area contributed by atoms with E-state index in [-0.39, 0.29) is 17.3 Å². The van der Waals surface area contributed by atoms with Gasteiger partial charge in [0.15, 0.2) is 5.69 Å². The van der Waals surface area contributed by atoms with Crippen molar-refractivity contribution in [2.75, 3.05) is 0 Å². The van der Waals surface area contributed by atoms with Crippen LogP contribution in [0.2, 0.25) is 0 Å². The van der Waals surface area contributed by atoms with Gasteiger partial charge < -0.3 is 15.6 Å². The third kappa shape index (κ3) is 1.59. The summed E-state index contributed by atoms with van der Waals surface area (Å²) in [6.07, 6.45) is 3.01. The third-order valence-electron chi connectivity index (χ3n) is 1.96. The van der Waals surface area contributed by atoms with Crippen LogP contribution in [0.5, 0.6) is 0 Å². The Bertz CT molecular complexity index is 381. The number of primary amides is 1. The molecule has 74 valence electrons. The van der Waals surface area contributed by atoms with Gasteiger partial charge in [-0.25, -0.2) is 0 Å². The predicted octanol–water partition coefficient (Wildman–Crippen LogP) is -0.334. The highest BCUT2D eigenvalue weighted by Gasteiger charge is 2.27. The van der Waals surface area contributed by atoms with Gasteiger partial charge in [-0.15, -0.1) is 0 Å². The van der Waals surface area contributed by atoms with Crippen molar-refractivity contribution in [3.05, 3.63) is 17.5 Å². The van der Waals surface area contributed by atoms with Crippen LogP contribution >= 0.6 is 0 Å². The number of carbonyl (C=O) groups is 2. The molecule has 0 spiro atoms. The number of amides is 2. The molecule has 0 aromatic carbocycles. The highest BCUT2D eigenvalue weighted by atomic mass is 16.5. The fourth-order valence-corrected chi connectivity index (χ4v) is 1.06. The molecule has 0 bridgehead atoms. The number of nitrogens with zero attached hydrogens (tertiary/aromatic N) is 1. The molecule has 0 atom stereocenters. The number of rotatable bonds is 3. The lowest BCUT2D eigenvalue weighted by molar-refractivity contribution is 0.0927. The first kappa shape index (κ1) is 8.74. The second kappa shape index (κ2) is 3.13. The first-order chi connectivity index (χ1) is 6.68. The van der Waals surface area contributed by atoms with Crippen LogP contribution in [-0.2, 0) is 0 Å². The van der Waals surface area contributed by atoms with Crippen LogP contribution in [0.1, 0.15) is 33.7 Å². The minimum atomic E-state index is -0.716. The lowest BCUT2D eigenvalue weighted by Crippen LogP contribution is -2.28. The number of aromatic nitrogens is 1. The van der Waals surface area contributed by atoms with Gasteiger partial charge in [0.25, 0.3) is 11.8 Å². The molecule has 1 fully saturated rings. The van der Waals surface area contributed by atoms with Gasteiger partial charge in [-0.2, -0.15) is 0 Å². The Balaban J connectivity index is 2.17. The summed E-state index contributed by atoms with van der Waals surface area (Å²) in [6.45, 7) is 0. The highest BCUT2D eigenvalue weighted by Crippen LogP contribution is 2.19. The van der Waals surface area contributed by atoms with Crippen molar-refractivity contribution in [2.45, 2.75) is 18.9 Å². The van der Waals surface area contributed by atoms with E-state index in [0.717, 1.165) is 19.1 Å². The Morgan fingerprint density at radius 3 is 2.86 bits per heavy atom. The molecular weight excluding hydrogens is 186 g/mol. The third-order valence-corrected chi connectivity index (χ3v) is 1.96. The van der Waals surface area contributed by atoms with Gasteiger partial charge in [-0.3, -0.25) is 9.59 Å². The van der Waals surface area contributed by atoms with Crippen molar-refractivity contribution in [1.29, 1.82) is 0 Å². The summed E-state index contributed by atoms with van der Waals surface area (Å²) in [4.78, 5) is 22.3. The van der Waals surface area contributed by atoms with Gasteiger partial charge in [0.05, 0.1) is 0 Å². The fourth-order valence-electron chi connectivity index (χ4n) is 1.06. The van der Waals surface area contributed by atoms with Gasteiger partial charge in [-0.05, 0) is 12.8 Å². The van der Waals surface area contributed by atoms with Crippen molar-refractivity contribution in [2.24, 2.45) is 5.73 Å². The largest absolute Gasteiger partial charge is 0.365 e. The molecule has 3 N–H and O–H groups in total. The number of hydrogen-bond acceptors (Lipinski definition) is 4. The lowest BCUT2D eigenvalue weighted by Gasteiger charge is -1.99. The van der Waals surface area contributed by atoms with Crippen molar-refractivity contribution in [3.63, 3.8) is 0 Å². The smallest absolute Gasteiger partial charge is 0.274 e. The Morgan fingerprint density at radius 1 is 1.57 bits per heavy atom. The van der Waals surface area contributed by atoms with E-state index in [2.05, 4.69) is 15.0 Å². The molecule has 6 nitrogen and oxygen atoms in total. The summed E-state index contributed by atoms with van der Waals surface area (Å²) < 4.78 is 4.52. The Hall–Kier alpha value is -1.85. The first-order valence-corrected chi connectivity index (χ1v) is 4.23. The number of nitrogens with one attached hydrogen (secondary N) is 1. The van der Waals surface area contributed by atoms with E-state index < -0.39 is 11.8 Å². The van der Waals surface area contributed by atoms with Crippen LogP contribution in [0.25, 0.3) is 0 Å². The summed E-state index contributed by atoms with van der Waals surface area (Å²) >= 11 is 0. The molecule has 2 amide bonds. The molecule has 6 heteroatoms. The number of carbonyl (C=O) groups excluding carboxylic acids is 2. The SMILES string of the molecule is NC(=O)c1conc1C(=O)NC1CC1. The molecule has 1 aromatic rings. The van der Waals surface area contributed by atoms with Crippen molar-refractivity contribution in [1.82, 2.24) is 10.5 Å². The van der Waals surface area contributed by atoms with Gasteiger partial charge in [-0.1, -0.05) is 5.16 Å². The van der Waals surface area contributed by atoms with E-state index in [9.17, 15) is 9.59 Å². The van der Waals surface area contributed by atoms with E-state index in [1.165, 1.54) is 0 Å². The fraction of sp³-hybridized carbons (Fsp3) is 0.375. The minimum Gasteiger partial charge on any atom is -0.365 e. The summed E-state index contributed by atoms with van der Waals surface area (Å²) in [7, 11) is 0. The molecule has 2 rings (SSSR count). The van der Waals surface area contributed by atoms with Crippen molar-refractivity contribution in [3.8, 4) is 0 Å². The summed E-state index contributed by atoms with van der Waals surface area (Å²) in [5.41, 5.74) is 5.00. The molecule has 1 aromatic heterocycles. The molecular formula is C8H9N3O3. The second-order valence-electron chi connectivity index (χ2n) is 3.19. The zero-order valence-electron chi connectivity index (χ0n) is 7.32. The zero-order chi connectivity index (χ0) is 10.1. The van der Waals surface area contributed by atoms with Crippen LogP contribution in [0.4, 0.5) is 0 Å². The van der Waals surface area contributed by atoms with Gasteiger partial charge in [0.2, 0.25) is 0 Å². The highest BCUT2D eigenvalue weighted by molar-refractivity contribution is 6.05. The van der Waals surface area contributed by atoms with Crippen molar-refractivity contribution < 1.29 is 14.1 Å². The maximum absolute atomic E-state index is 11.4. The van der Waals surface area contributed by atoms with Gasteiger partial charge in [0, 0.05) is 6.04 Å². The Kier molecular flexibility index (Phi) is 1.95. The van der Waals surface area contributed by atoms with E-state index in [4.69, 9.17) is 5.73 Å². The van der Waals surface area contributed by atoms with E-state index in [1.54, 1.807) is 0 Å². The number of hydrogen-bond donors (Lipinski definition) is 2. The van der Waals surface area contributed by atoms with Crippen LogP contribution in [0.3, 0.4) is 0 Å². The molecule has 0 radical (unpaired) electrons. The molecule has 0 saturated heterocycles. The van der Waals surface area contributed by atoms with E-state index in [1.807, 2.05) is 0 Å². The monoisotopic (exact) mass is 195 g/mol. The molecule has 1 heterocycles. The Labute approximate surface area is 79.4 Å². The average molecular weight is 195 g/mol. The van der Waals surface area contributed by atoms with E-state index >= 15 is 0 Å². The maximum atomic E-state index is 11.4. The molecule has 1 saturated carbocycles. The predicted molar refractivity (Wildman–Crippen MR) is 45.5 cm³/mol. The summed E-state index contributed by atoms with van der Waals surface area (Å²) in [6, 6.07) is 0.208. The van der Waals surface area contributed by atoms with Gasteiger partial charge >= 0.3 is 0 Å². The van der Waals surface area contributed by atoms with Crippen LogP contribution in [0.15, 0.2) is 10.8 Å². The lowest BCUT2D eigenvalue weighted by atomic mass is 10.2. The average Bonchev–Trinajstić information content (AvgIpc) is 2.81.